The molecule has 4 nitrogen and oxygen atoms in total. The SMILES string of the molecule is CN1CCN(c2ccc(NC(=O)/C=C/c3ccc(C(C)(C)C)cc3)cc2)CC1. The quantitative estimate of drug-likeness (QED) is 0.803. The second-order valence-electron chi connectivity index (χ2n) is 8.53. The minimum atomic E-state index is -0.118. The van der Waals surface area contributed by atoms with Crippen LogP contribution in [0, 0.1) is 0 Å². The molecule has 0 unspecified atom stereocenters. The lowest BCUT2D eigenvalue weighted by molar-refractivity contribution is -0.111. The van der Waals surface area contributed by atoms with Crippen molar-refractivity contribution >= 4 is 23.4 Å². The Hall–Kier alpha value is -2.59. The third-order valence-corrected chi connectivity index (χ3v) is 5.21. The molecule has 0 bridgehead atoms. The summed E-state index contributed by atoms with van der Waals surface area (Å²) < 4.78 is 0. The monoisotopic (exact) mass is 377 g/mol. The lowest BCUT2D eigenvalue weighted by Crippen LogP contribution is -2.44. The van der Waals surface area contributed by atoms with Gasteiger partial charge in [0.15, 0.2) is 0 Å². The third-order valence-electron chi connectivity index (χ3n) is 5.21. The minimum Gasteiger partial charge on any atom is -0.369 e. The van der Waals surface area contributed by atoms with E-state index in [-0.39, 0.29) is 11.3 Å². The van der Waals surface area contributed by atoms with Crippen molar-refractivity contribution in [3.05, 3.63) is 65.7 Å². The van der Waals surface area contributed by atoms with Crippen LogP contribution in [0.25, 0.3) is 6.08 Å². The van der Waals surface area contributed by atoms with Crippen LogP contribution in [0.2, 0.25) is 0 Å². The van der Waals surface area contributed by atoms with Gasteiger partial charge in [-0.05, 0) is 53.9 Å². The summed E-state index contributed by atoms with van der Waals surface area (Å²) in [6.07, 6.45) is 3.43. The Bertz CT molecular complexity index is 808. The molecule has 0 aromatic heterocycles. The van der Waals surface area contributed by atoms with Crippen molar-refractivity contribution in [2.24, 2.45) is 0 Å². The highest BCUT2D eigenvalue weighted by atomic mass is 16.1. The molecule has 148 valence electrons. The van der Waals surface area contributed by atoms with E-state index in [1.54, 1.807) is 6.08 Å². The van der Waals surface area contributed by atoms with E-state index in [0.29, 0.717) is 0 Å². The van der Waals surface area contributed by atoms with Gasteiger partial charge in [0.05, 0.1) is 0 Å². The fourth-order valence-electron chi connectivity index (χ4n) is 3.27. The molecular weight excluding hydrogens is 346 g/mol. The Kier molecular flexibility index (Phi) is 6.20. The standard InChI is InChI=1S/C24H31N3O/c1-24(2,3)20-8-5-19(6-9-20)7-14-23(28)25-21-10-12-22(13-11-21)27-17-15-26(4)16-18-27/h5-14H,15-18H2,1-4H3,(H,25,28)/b14-7+. The number of benzene rings is 2. The Balaban J connectivity index is 1.55. The molecule has 1 aliphatic rings. The second kappa shape index (κ2) is 8.61. The van der Waals surface area contributed by atoms with Crippen molar-refractivity contribution in [2.75, 3.05) is 43.4 Å². The van der Waals surface area contributed by atoms with Crippen LogP contribution in [0.5, 0.6) is 0 Å². The van der Waals surface area contributed by atoms with Gasteiger partial charge in [0, 0.05) is 43.6 Å². The number of likely N-dealkylation sites (N-methyl/N-ethyl adjacent to an activating group) is 1. The fourth-order valence-corrected chi connectivity index (χ4v) is 3.27. The maximum Gasteiger partial charge on any atom is 0.248 e. The normalized spacial score (nSPS) is 15.8. The first-order valence-electron chi connectivity index (χ1n) is 9.94. The first-order valence-corrected chi connectivity index (χ1v) is 9.94. The molecule has 1 heterocycles. The van der Waals surface area contributed by atoms with Gasteiger partial charge in [0.1, 0.15) is 0 Å². The van der Waals surface area contributed by atoms with Gasteiger partial charge in [-0.1, -0.05) is 45.0 Å². The molecule has 3 rings (SSSR count). The third kappa shape index (κ3) is 5.46. The number of nitrogens with zero attached hydrogens (tertiary/aromatic N) is 2. The zero-order valence-corrected chi connectivity index (χ0v) is 17.4. The minimum absolute atomic E-state index is 0.118. The predicted molar refractivity (Wildman–Crippen MR) is 119 cm³/mol. The molecule has 2 aromatic rings. The Morgan fingerprint density at radius 1 is 0.929 bits per heavy atom. The van der Waals surface area contributed by atoms with Gasteiger partial charge in [-0.15, -0.1) is 0 Å². The molecule has 1 amide bonds. The lowest BCUT2D eigenvalue weighted by Gasteiger charge is -2.34. The molecule has 4 heteroatoms. The van der Waals surface area contributed by atoms with E-state index in [0.717, 1.165) is 37.4 Å². The van der Waals surface area contributed by atoms with Gasteiger partial charge in [-0.25, -0.2) is 0 Å². The summed E-state index contributed by atoms with van der Waals surface area (Å²) in [5, 5.41) is 2.93. The fraction of sp³-hybridized carbons (Fsp3) is 0.375. The molecule has 0 spiro atoms. The number of nitrogens with one attached hydrogen (secondary N) is 1. The number of hydrogen-bond donors (Lipinski definition) is 1. The molecule has 0 radical (unpaired) electrons. The molecule has 1 fully saturated rings. The zero-order valence-electron chi connectivity index (χ0n) is 17.4. The van der Waals surface area contributed by atoms with Crippen LogP contribution < -0.4 is 10.2 Å². The van der Waals surface area contributed by atoms with Crippen molar-refractivity contribution in [1.29, 1.82) is 0 Å². The Morgan fingerprint density at radius 3 is 2.11 bits per heavy atom. The summed E-state index contributed by atoms with van der Waals surface area (Å²) in [5.74, 6) is -0.118. The summed E-state index contributed by atoms with van der Waals surface area (Å²) in [7, 11) is 2.16. The van der Waals surface area contributed by atoms with Crippen molar-refractivity contribution in [3.8, 4) is 0 Å². The zero-order chi connectivity index (χ0) is 20.1. The number of carbonyl (C=O) groups excluding carboxylic acids is 1. The molecule has 0 saturated carbocycles. The van der Waals surface area contributed by atoms with Crippen molar-refractivity contribution in [3.63, 3.8) is 0 Å². The highest BCUT2D eigenvalue weighted by Gasteiger charge is 2.14. The number of carbonyl (C=O) groups is 1. The van der Waals surface area contributed by atoms with E-state index in [4.69, 9.17) is 0 Å². The summed E-state index contributed by atoms with van der Waals surface area (Å²) >= 11 is 0. The molecule has 28 heavy (non-hydrogen) atoms. The highest BCUT2D eigenvalue weighted by Crippen LogP contribution is 2.22. The van der Waals surface area contributed by atoms with Crippen LogP contribution in [-0.2, 0) is 10.2 Å². The van der Waals surface area contributed by atoms with Gasteiger partial charge in [0.25, 0.3) is 0 Å². The largest absolute Gasteiger partial charge is 0.369 e. The molecule has 2 aromatic carbocycles. The number of piperazine rings is 1. The van der Waals surface area contributed by atoms with Crippen LogP contribution in [0.3, 0.4) is 0 Å². The molecule has 1 saturated heterocycles. The van der Waals surface area contributed by atoms with E-state index in [2.05, 4.69) is 79.3 Å². The summed E-state index contributed by atoms with van der Waals surface area (Å²) in [6.45, 7) is 10.8. The van der Waals surface area contributed by atoms with E-state index in [9.17, 15) is 4.79 Å². The lowest BCUT2D eigenvalue weighted by atomic mass is 9.87. The van der Waals surface area contributed by atoms with Crippen molar-refractivity contribution in [1.82, 2.24) is 4.90 Å². The Morgan fingerprint density at radius 2 is 1.54 bits per heavy atom. The van der Waals surface area contributed by atoms with Crippen LogP contribution >= 0.6 is 0 Å². The first-order chi connectivity index (χ1) is 13.3. The molecular formula is C24H31N3O. The summed E-state index contributed by atoms with van der Waals surface area (Å²) in [6, 6.07) is 16.4. The topological polar surface area (TPSA) is 35.6 Å². The van der Waals surface area contributed by atoms with Crippen LogP contribution in [-0.4, -0.2) is 44.0 Å². The molecule has 0 atom stereocenters. The van der Waals surface area contributed by atoms with Gasteiger partial charge in [-0.3, -0.25) is 4.79 Å². The van der Waals surface area contributed by atoms with Gasteiger partial charge < -0.3 is 15.1 Å². The molecule has 0 aliphatic carbocycles. The molecule has 1 N–H and O–H groups in total. The van der Waals surface area contributed by atoms with E-state index in [1.807, 2.05) is 18.2 Å². The smallest absolute Gasteiger partial charge is 0.248 e. The average Bonchev–Trinajstić information content (AvgIpc) is 2.67. The van der Waals surface area contributed by atoms with E-state index >= 15 is 0 Å². The molecule has 1 aliphatic heterocycles. The van der Waals surface area contributed by atoms with E-state index in [1.165, 1.54) is 11.3 Å². The number of rotatable bonds is 4. The summed E-state index contributed by atoms with van der Waals surface area (Å²) in [5.41, 5.74) is 4.47. The van der Waals surface area contributed by atoms with Crippen LogP contribution in [0.15, 0.2) is 54.6 Å². The van der Waals surface area contributed by atoms with Crippen LogP contribution in [0.1, 0.15) is 31.9 Å². The van der Waals surface area contributed by atoms with Gasteiger partial charge >= 0.3 is 0 Å². The average molecular weight is 378 g/mol. The van der Waals surface area contributed by atoms with Crippen molar-refractivity contribution < 1.29 is 4.79 Å². The highest BCUT2D eigenvalue weighted by molar-refractivity contribution is 6.02. The maximum absolute atomic E-state index is 12.2. The number of anilines is 2. The van der Waals surface area contributed by atoms with Crippen LogP contribution in [0.4, 0.5) is 11.4 Å². The predicted octanol–water partition coefficient (Wildman–Crippen LogP) is 4.39. The summed E-state index contributed by atoms with van der Waals surface area (Å²) in [4.78, 5) is 16.9. The number of amides is 1. The van der Waals surface area contributed by atoms with Gasteiger partial charge in [-0.2, -0.15) is 0 Å². The maximum atomic E-state index is 12.2. The Labute approximate surface area is 168 Å². The van der Waals surface area contributed by atoms with Gasteiger partial charge in [0.2, 0.25) is 5.91 Å². The van der Waals surface area contributed by atoms with Crippen molar-refractivity contribution in [2.45, 2.75) is 26.2 Å². The second-order valence-corrected chi connectivity index (χ2v) is 8.53. The van der Waals surface area contributed by atoms with E-state index < -0.39 is 0 Å². The first kappa shape index (κ1) is 20.2. The number of hydrogen-bond acceptors (Lipinski definition) is 3.